The number of rotatable bonds is 5. The molecule has 1 saturated heterocycles. The molecule has 5 atom stereocenters. The number of hydrogen-bond acceptors (Lipinski definition) is 9. The van der Waals surface area contributed by atoms with Crippen molar-refractivity contribution < 1.29 is 38.5 Å². The Labute approximate surface area is 175 Å². The van der Waals surface area contributed by atoms with Crippen molar-refractivity contribution in [1.82, 2.24) is 0 Å². The molecular weight excluding hydrogens is 421 g/mol. The lowest BCUT2D eigenvalue weighted by molar-refractivity contribution is -0.384. The van der Waals surface area contributed by atoms with Crippen LogP contribution in [0.3, 0.4) is 0 Å². The molecular formula is C19H18FNO8S. The van der Waals surface area contributed by atoms with Crippen molar-refractivity contribution in [2.45, 2.75) is 37.6 Å². The Balaban J connectivity index is 1.65. The van der Waals surface area contributed by atoms with Crippen LogP contribution in [0.25, 0.3) is 0 Å². The molecule has 2 aromatic rings. The molecule has 0 amide bonds. The third-order valence-corrected chi connectivity index (χ3v) is 4.51. The van der Waals surface area contributed by atoms with Gasteiger partial charge in [0, 0.05) is 24.4 Å². The maximum Gasteiger partial charge on any atom is 0.358 e. The molecule has 30 heavy (non-hydrogen) atoms. The van der Waals surface area contributed by atoms with Gasteiger partial charge in [-0.15, -0.1) is 0 Å². The Kier molecular flexibility index (Phi) is 6.77. The zero-order chi connectivity index (χ0) is 21.8. The molecule has 0 aliphatic carbocycles. The number of non-ortho nitro benzene ring substituents is 1. The number of nitro benzene ring substituents is 1. The molecule has 0 saturated carbocycles. The Hall–Kier alpha value is -2.86. The third kappa shape index (κ3) is 5.19. The van der Waals surface area contributed by atoms with Crippen LogP contribution in [-0.2, 0) is 9.47 Å². The summed E-state index contributed by atoms with van der Waals surface area (Å²) in [6, 6.07) is 10.2. The highest BCUT2D eigenvalue weighted by Crippen LogP contribution is 2.27. The van der Waals surface area contributed by atoms with Gasteiger partial charge in [0.25, 0.3) is 5.69 Å². The first-order valence-electron chi connectivity index (χ1n) is 8.81. The molecule has 2 N–H and O–H groups in total. The number of aliphatic hydroxyl groups is 2. The molecule has 1 aliphatic heterocycles. The monoisotopic (exact) mass is 439 g/mol. The molecule has 160 valence electrons. The smallest absolute Gasteiger partial charge is 0.358 e. The molecule has 1 heterocycles. The quantitative estimate of drug-likeness (QED) is 0.411. The van der Waals surface area contributed by atoms with Gasteiger partial charge in [0.1, 0.15) is 23.4 Å². The van der Waals surface area contributed by atoms with Gasteiger partial charge in [-0.3, -0.25) is 10.1 Å². The number of aliphatic hydroxyl groups excluding tert-OH is 2. The van der Waals surface area contributed by atoms with E-state index >= 15 is 0 Å². The summed E-state index contributed by atoms with van der Waals surface area (Å²) in [5, 5.41) is 31.2. The second kappa shape index (κ2) is 9.30. The summed E-state index contributed by atoms with van der Waals surface area (Å²) >= 11 is 5.00. The van der Waals surface area contributed by atoms with Crippen molar-refractivity contribution in [3.05, 3.63) is 64.5 Å². The molecule has 0 unspecified atom stereocenters. The fourth-order valence-corrected chi connectivity index (χ4v) is 2.96. The van der Waals surface area contributed by atoms with E-state index in [1.54, 1.807) is 6.92 Å². The number of benzene rings is 2. The molecule has 0 bridgehead atoms. The average Bonchev–Trinajstić information content (AvgIpc) is 2.71. The number of hydrogen-bond donors (Lipinski definition) is 2. The summed E-state index contributed by atoms with van der Waals surface area (Å²) < 4.78 is 34.7. The van der Waals surface area contributed by atoms with Crippen molar-refractivity contribution in [3.8, 4) is 11.5 Å². The summed E-state index contributed by atoms with van der Waals surface area (Å²) in [6.45, 7) is 1.55. The van der Waals surface area contributed by atoms with Gasteiger partial charge in [0.05, 0.1) is 11.0 Å². The van der Waals surface area contributed by atoms with Crippen molar-refractivity contribution in [2.75, 3.05) is 0 Å². The lowest BCUT2D eigenvalue weighted by Gasteiger charge is -2.40. The third-order valence-electron chi connectivity index (χ3n) is 4.33. The van der Waals surface area contributed by atoms with Gasteiger partial charge in [-0.1, -0.05) is 0 Å². The summed E-state index contributed by atoms with van der Waals surface area (Å²) in [5.74, 6) is -0.0347. The predicted octanol–water partition coefficient (Wildman–Crippen LogP) is 2.33. The number of nitrogens with zero attached hydrogens (tertiary/aromatic N) is 1. The molecule has 0 radical (unpaired) electrons. The number of ether oxygens (including phenoxy) is 4. The van der Waals surface area contributed by atoms with E-state index in [9.17, 15) is 24.7 Å². The Morgan fingerprint density at radius 3 is 2.30 bits per heavy atom. The summed E-state index contributed by atoms with van der Waals surface area (Å²) in [5.41, 5.74) is -0.126. The standard InChI is InChI=1S/C19H18FNO8S/c1-10-15(22)17(16(23)18(26-10)27-13-6-2-11(20)3-7-13)29-19(30)28-14-8-4-12(5-9-14)21(24)25/h2-10,15-18,22-23H,1H3/t10-,15+,16-,17+,18+/m0/s1. The number of nitro groups is 1. The summed E-state index contributed by atoms with van der Waals surface area (Å²) in [7, 11) is 0. The van der Waals surface area contributed by atoms with E-state index in [0.29, 0.717) is 0 Å². The SMILES string of the molecule is C[C@@H]1O[C@H](Oc2ccc(F)cc2)[C@@H](O)[C@H](OC(=S)Oc2ccc([N+](=O)[O-])cc2)[C@@H]1O. The fourth-order valence-electron chi connectivity index (χ4n) is 2.75. The topological polar surface area (TPSA) is 121 Å². The van der Waals surface area contributed by atoms with Crippen LogP contribution in [0.1, 0.15) is 6.92 Å². The van der Waals surface area contributed by atoms with Gasteiger partial charge in [-0.05, 0) is 43.3 Å². The van der Waals surface area contributed by atoms with Gasteiger partial charge in [0.2, 0.25) is 6.29 Å². The van der Waals surface area contributed by atoms with Crippen LogP contribution in [0, 0.1) is 15.9 Å². The highest BCUT2D eigenvalue weighted by Gasteiger charge is 2.46. The van der Waals surface area contributed by atoms with Gasteiger partial charge < -0.3 is 29.2 Å². The fraction of sp³-hybridized carbons (Fsp3) is 0.316. The normalized spacial score (nSPS) is 25.9. The molecule has 2 aromatic carbocycles. The van der Waals surface area contributed by atoms with Crippen LogP contribution in [0.15, 0.2) is 48.5 Å². The minimum absolute atomic E-state index is 0.126. The van der Waals surface area contributed by atoms with Gasteiger partial charge in [-0.2, -0.15) is 0 Å². The minimum atomic E-state index is -1.46. The first kappa shape index (κ1) is 21.8. The second-order valence-electron chi connectivity index (χ2n) is 6.45. The van der Waals surface area contributed by atoms with Crippen molar-refractivity contribution in [1.29, 1.82) is 0 Å². The molecule has 0 aromatic heterocycles. The first-order chi connectivity index (χ1) is 14.2. The van der Waals surface area contributed by atoms with E-state index in [1.165, 1.54) is 48.5 Å². The lowest BCUT2D eigenvalue weighted by atomic mass is 10.00. The van der Waals surface area contributed by atoms with E-state index in [1.807, 2.05) is 0 Å². The van der Waals surface area contributed by atoms with Crippen LogP contribution in [0.5, 0.6) is 11.5 Å². The summed E-state index contributed by atoms with van der Waals surface area (Å²) in [6.07, 6.45) is -5.97. The molecule has 9 nitrogen and oxygen atoms in total. The zero-order valence-corrected chi connectivity index (χ0v) is 16.4. The van der Waals surface area contributed by atoms with Crippen LogP contribution < -0.4 is 9.47 Å². The van der Waals surface area contributed by atoms with Crippen LogP contribution >= 0.6 is 12.2 Å². The van der Waals surface area contributed by atoms with Crippen LogP contribution in [-0.4, -0.2) is 51.1 Å². The van der Waals surface area contributed by atoms with Crippen molar-refractivity contribution in [2.24, 2.45) is 0 Å². The molecule has 1 fully saturated rings. The minimum Gasteiger partial charge on any atom is -0.462 e. The van der Waals surface area contributed by atoms with Gasteiger partial charge >= 0.3 is 5.24 Å². The van der Waals surface area contributed by atoms with Gasteiger partial charge in [0.15, 0.2) is 12.2 Å². The highest BCUT2D eigenvalue weighted by atomic mass is 32.1. The predicted molar refractivity (Wildman–Crippen MR) is 105 cm³/mol. The lowest BCUT2D eigenvalue weighted by Crippen LogP contribution is -2.59. The summed E-state index contributed by atoms with van der Waals surface area (Å²) in [4.78, 5) is 10.1. The number of thiocarbonyl (C=S) groups is 1. The Morgan fingerprint density at radius 1 is 1.10 bits per heavy atom. The van der Waals surface area contributed by atoms with E-state index in [2.05, 4.69) is 0 Å². The Bertz CT molecular complexity index is 894. The van der Waals surface area contributed by atoms with Crippen molar-refractivity contribution >= 4 is 23.1 Å². The van der Waals surface area contributed by atoms with E-state index < -0.39 is 46.7 Å². The van der Waals surface area contributed by atoms with E-state index in [0.717, 1.165) is 0 Å². The maximum atomic E-state index is 13.1. The molecule has 3 rings (SSSR count). The molecule has 1 aliphatic rings. The average molecular weight is 439 g/mol. The second-order valence-corrected chi connectivity index (χ2v) is 6.78. The zero-order valence-electron chi connectivity index (χ0n) is 15.6. The van der Waals surface area contributed by atoms with Crippen LogP contribution in [0.4, 0.5) is 10.1 Å². The van der Waals surface area contributed by atoms with E-state index in [-0.39, 0.29) is 17.2 Å². The molecule has 11 heteroatoms. The Morgan fingerprint density at radius 2 is 1.70 bits per heavy atom. The highest BCUT2D eigenvalue weighted by molar-refractivity contribution is 7.79. The maximum absolute atomic E-state index is 13.1. The largest absolute Gasteiger partial charge is 0.462 e. The molecule has 0 spiro atoms. The van der Waals surface area contributed by atoms with Crippen LogP contribution in [0.2, 0.25) is 0 Å². The van der Waals surface area contributed by atoms with E-state index in [4.69, 9.17) is 31.2 Å². The van der Waals surface area contributed by atoms with Gasteiger partial charge in [-0.25, -0.2) is 4.39 Å². The van der Waals surface area contributed by atoms with Crippen molar-refractivity contribution in [3.63, 3.8) is 0 Å². The first-order valence-corrected chi connectivity index (χ1v) is 9.22. The number of halogens is 1.